The summed E-state index contributed by atoms with van der Waals surface area (Å²) < 4.78 is 28.0. The lowest BCUT2D eigenvalue weighted by Crippen LogP contribution is -2.40. The molecule has 1 fully saturated rings. The van der Waals surface area contributed by atoms with Crippen LogP contribution in [-0.4, -0.2) is 55.6 Å². The van der Waals surface area contributed by atoms with Gasteiger partial charge in [-0.1, -0.05) is 74.4 Å². The fourth-order valence-corrected chi connectivity index (χ4v) is 7.40. The normalized spacial score (nSPS) is 22.0. The molecule has 0 bridgehead atoms. The van der Waals surface area contributed by atoms with Gasteiger partial charge in [-0.05, 0) is 132 Å². The second-order valence-corrected chi connectivity index (χ2v) is 13.3. The molecule has 0 aromatic heterocycles. The molecule has 4 rings (SSSR count). The van der Waals surface area contributed by atoms with E-state index in [1.54, 1.807) is 6.92 Å². The first-order valence-electron chi connectivity index (χ1n) is 17.3. The van der Waals surface area contributed by atoms with E-state index in [1.165, 1.54) is 22.8 Å². The summed E-state index contributed by atoms with van der Waals surface area (Å²) in [5, 5.41) is 0. The monoisotopic (exact) mass is 643 g/mol. The van der Waals surface area contributed by atoms with E-state index in [2.05, 4.69) is 73.7 Å². The van der Waals surface area contributed by atoms with Crippen molar-refractivity contribution in [2.75, 3.05) is 19.6 Å². The minimum atomic E-state index is -2.77. The third-order valence-corrected chi connectivity index (χ3v) is 9.98. The van der Waals surface area contributed by atoms with Gasteiger partial charge in [0.15, 0.2) is 5.78 Å². The first-order chi connectivity index (χ1) is 22.6. The Morgan fingerprint density at radius 2 is 1.81 bits per heavy atom. The standard InChI is InChI=1S/C40H51F2N3O2/c1-6-10-33-26-36(43-4)37(39(47)44-5)38(46)35-14-9-13-30(28(3)15-20-34(33)35)12-8-11-29-16-18-31(19-17-29)32-21-24-45(25-22-32)27-40(41,42)23-7-2/h7,13-14,16-20,23,28,32-33H,4-6,8-12,15,21-22,24-27H2,1-3H3. The third-order valence-electron chi connectivity index (χ3n) is 9.98. The predicted octanol–water partition coefficient (Wildman–Crippen LogP) is 9.18. The number of rotatable bonds is 12. The third kappa shape index (κ3) is 9.50. The van der Waals surface area contributed by atoms with E-state index in [4.69, 9.17) is 0 Å². The number of amides is 1. The van der Waals surface area contributed by atoms with Crippen LogP contribution in [0.3, 0.4) is 0 Å². The molecule has 0 saturated carbocycles. The molecule has 1 saturated heterocycles. The van der Waals surface area contributed by atoms with Crippen LogP contribution >= 0.6 is 0 Å². The lowest BCUT2D eigenvalue weighted by molar-refractivity contribution is -0.119. The lowest BCUT2D eigenvalue weighted by Gasteiger charge is -2.33. The highest BCUT2D eigenvalue weighted by Gasteiger charge is 2.35. The molecule has 1 aromatic carbocycles. The van der Waals surface area contributed by atoms with Crippen LogP contribution in [0.25, 0.3) is 0 Å². The minimum absolute atomic E-state index is 0.00320. The SMILES string of the molecule is C=NC(=O)C1=C(N=C)CC(CCC)C2=CCC(C)C(CCCc3ccc(C4CCN(CC(F)(F)C=CC)CC4)cc3)=CCC=C2C1=O. The number of hydrogen-bond acceptors (Lipinski definition) is 4. The number of fused-ring (bicyclic) bond motifs is 1. The summed E-state index contributed by atoms with van der Waals surface area (Å²) in [5.74, 6) is -2.89. The van der Waals surface area contributed by atoms with Crippen LogP contribution in [0.5, 0.6) is 0 Å². The Bertz CT molecular complexity index is 1460. The number of allylic oxidation sites excluding steroid dienone is 8. The molecule has 3 aliphatic rings. The molecule has 0 spiro atoms. The number of benzene rings is 1. The first-order valence-corrected chi connectivity index (χ1v) is 17.3. The van der Waals surface area contributed by atoms with Crippen molar-refractivity contribution in [3.8, 4) is 0 Å². The number of aliphatic imine (C=N–C) groups is 2. The molecule has 1 aliphatic heterocycles. The predicted molar refractivity (Wildman–Crippen MR) is 189 cm³/mol. The number of likely N-dealkylation sites (tertiary alicyclic amines) is 1. The molecule has 1 heterocycles. The number of ketones is 1. The maximum Gasteiger partial charge on any atom is 0.282 e. The number of alkyl halides is 2. The number of hydrogen-bond donors (Lipinski definition) is 0. The Hall–Kier alpha value is -3.58. The van der Waals surface area contributed by atoms with Gasteiger partial charge in [0.2, 0.25) is 0 Å². The van der Waals surface area contributed by atoms with Crippen molar-refractivity contribution in [2.24, 2.45) is 21.8 Å². The highest BCUT2D eigenvalue weighted by molar-refractivity contribution is 6.28. The molecule has 2 atom stereocenters. The number of carbonyl (C=O) groups is 2. The van der Waals surface area contributed by atoms with Crippen molar-refractivity contribution >= 4 is 25.1 Å². The topological polar surface area (TPSA) is 62.1 Å². The molecule has 2 aliphatic carbocycles. The molecule has 252 valence electrons. The van der Waals surface area contributed by atoms with E-state index in [1.807, 2.05) is 11.0 Å². The van der Waals surface area contributed by atoms with Gasteiger partial charge in [-0.3, -0.25) is 19.5 Å². The summed E-state index contributed by atoms with van der Waals surface area (Å²) in [6.07, 6.45) is 17.5. The minimum Gasteiger partial charge on any atom is -0.297 e. The van der Waals surface area contributed by atoms with E-state index in [9.17, 15) is 18.4 Å². The zero-order valence-corrected chi connectivity index (χ0v) is 28.4. The Balaban J connectivity index is 1.38. The molecule has 1 amide bonds. The molecule has 2 unspecified atom stereocenters. The lowest BCUT2D eigenvalue weighted by atomic mass is 9.84. The van der Waals surface area contributed by atoms with E-state index >= 15 is 0 Å². The fraction of sp³-hybridized carbons (Fsp3) is 0.500. The van der Waals surface area contributed by atoms with Crippen molar-refractivity contribution in [1.82, 2.24) is 4.90 Å². The van der Waals surface area contributed by atoms with Gasteiger partial charge in [0.25, 0.3) is 11.8 Å². The molecule has 7 heteroatoms. The number of piperidine rings is 1. The number of aryl methyl sites for hydroxylation is 1. The average molecular weight is 644 g/mol. The molecule has 0 radical (unpaired) electrons. The molecular weight excluding hydrogens is 592 g/mol. The van der Waals surface area contributed by atoms with Crippen LogP contribution in [0, 0.1) is 11.8 Å². The van der Waals surface area contributed by atoms with Gasteiger partial charge in [-0.25, -0.2) is 13.8 Å². The van der Waals surface area contributed by atoms with Crippen molar-refractivity contribution in [2.45, 2.75) is 96.8 Å². The van der Waals surface area contributed by atoms with Crippen LogP contribution in [-0.2, 0) is 16.0 Å². The Morgan fingerprint density at radius 1 is 1.09 bits per heavy atom. The van der Waals surface area contributed by atoms with Gasteiger partial charge in [-0.15, -0.1) is 0 Å². The summed E-state index contributed by atoms with van der Waals surface area (Å²) >= 11 is 0. The Kier molecular flexibility index (Phi) is 13.1. The van der Waals surface area contributed by atoms with Crippen molar-refractivity contribution in [3.63, 3.8) is 0 Å². The van der Waals surface area contributed by atoms with Crippen LogP contribution in [0.15, 0.2) is 92.6 Å². The quantitative estimate of drug-likeness (QED) is 0.130. The molecular formula is C40H51F2N3O2. The van der Waals surface area contributed by atoms with Gasteiger partial charge in [0, 0.05) is 5.57 Å². The molecule has 5 nitrogen and oxygen atoms in total. The van der Waals surface area contributed by atoms with Crippen molar-refractivity contribution in [3.05, 3.63) is 93.8 Å². The van der Waals surface area contributed by atoms with Crippen LogP contribution in [0.1, 0.15) is 95.6 Å². The van der Waals surface area contributed by atoms with Gasteiger partial charge in [0.05, 0.1) is 12.2 Å². The van der Waals surface area contributed by atoms with E-state index in [-0.39, 0.29) is 23.8 Å². The maximum absolute atomic E-state index is 14.0. The molecule has 47 heavy (non-hydrogen) atoms. The molecule has 0 N–H and O–H groups in total. The van der Waals surface area contributed by atoms with E-state index < -0.39 is 11.8 Å². The van der Waals surface area contributed by atoms with E-state index in [0.717, 1.165) is 63.0 Å². The summed E-state index contributed by atoms with van der Waals surface area (Å²) in [6, 6.07) is 8.89. The molecule has 1 aromatic rings. The Morgan fingerprint density at radius 3 is 2.45 bits per heavy atom. The largest absolute Gasteiger partial charge is 0.297 e. The highest BCUT2D eigenvalue weighted by atomic mass is 19.3. The van der Waals surface area contributed by atoms with Gasteiger partial charge < -0.3 is 0 Å². The van der Waals surface area contributed by atoms with Crippen molar-refractivity contribution < 1.29 is 18.4 Å². The van der Waals surface area contributed by atoms with Crippen LogP contribution in [0.4, 0.5) is 8.78 Å². The summed E-state index contributed by atoms with van der Waals surface area (Å²) in [5.41, 5.74) is 6.03. The highest BCUT2D eigenvalue weighted by Crippen LogP contribution is 2.39. The van der Waals surface area contributed by atoms with Crippen LogP contribution < -0.4 is 0 Å². The number of Topliss-reactive ketones (excluding diaryl/α,β-unsaturated/α-hetero) is 1. The zero-order chi connectivity index (χ0) is 34.0. The fourth-order valence-electron chi connectivity index (χ4n) is 7.40. The number of carbonyl (C=O) groups excluding carboxylic acids is 2. The number of halogens is 2. The second kappa shape index (κ2) is 17.0. The second-order valence-electron chi connectivity index (χ2n) is 13.3. The average Bonchev–Trinajstić information content (AvgIpc) is 3.10. The summed E-state index contributed by atoms with van der Waals surface area (Å²) in [7, 11) is 0. The van der Waals surface area contributed by atoms with Gasteiger partial charge in [0.1, 0.15) is 5.57 Å². The van der Waals surface area contributed by atoms with Gasteiger partial charge >= 0.3 is 0 Å². The Labute approximate surface area is 280 Å². The summed E-state index contributed by atoms with van der Waals surface area (Å²) in [4.78, 5) is 36.0. The number of nitrogens with zero attached hydrogens (tertiary/aromatic N) is 3. The summed E-state index contributed by atoms with van der Waals surface area (Å²) in [6.45, 7) is 14.2. The first kappa shape index (κ1) is 36.3. The van der Waals surface area contributed by atoms with E-state index in [0.29, 0.717) is 49.0 Å². The van der Waals surface area contributed by atoms with Crippen molar-refractivity contribution in [1.29, 1.82) is 0 Å². The zero-order valence-electron chi connectivity index (χ0n) is 28.4. The van der Waals surface area contributed by atoms with Gasteiger partial charge in [-0.2, -0.15) is 0 Å². The smallest absolute Gasteiger partial charge is 0.282 e. The maximum atomic E-state index is 14.0. The van der Waals surface area contributed by atoms with Crippen LogP contribution in [0.2, 0.25) is 0 Å².